The van der Waals surface area contributed by atoms with Crippen molar-refractivity contribution >= 4 is 12.0 Å². The molecule has 86 valence electrons. The van der Waals surface area contributed by atoms with Gasteiger partial charge in [-0.25, -0.2) is 4.79 Å². The van der Waals surface area contributed by atoms with Crippen molar-refractivity contribution < 1.29 is 14.7 Å². The Labute approximate surface area is 88.4 Å². The molecule has 2 amide bonds. The molecular formula is C9H17N3O3. The van der Waals surface area contributed by atoms with Crippen LogP contribution in [0.15, 0.2) is 0 Å². The van der Waals surface area contributed by atoms with Crippen molar-refractivity contribution in [1.29, 1.82) is 0 Å². The molecule has 1 saturated heterocycles. The highest BCUT2D eigenvalue weighted by Gasteiger charge is 2.22. The summed E-state index contributed by atoms with van der Waals surface area (Å²) in [4.78, 5) is 23.6. The van der Waals surface area contributed by atoms with Crippen LogP contribution in [0.3, 0.4) is 0 Å². The minimum absolute atomic E-state index is 0.158. The average molecular weight is 215 g/mol. The number of nitrogens with two attached hydrogens (primary N) is 1. The lowest BCUT2D eigenvalue weighted by molar-refractivity contribution is -0.138. The van der Waals surface area contributed by atoms with Gasteiger partial charge < -0.3 is 21.1 Å². The minimum Gasteiger partial charge on any atom is -0.480 e. The summed E-state index contributed by atoms with van der Waals surface area (Å²) in [6.07, 6.45) is 1.55. The largest absolute Gasteiger partial charge is 0.480 e. The Morgan fingerprint density at radius 1 is 1.47 bits per heavy atom. The van der Waals surface area contributed by atoms with E-state index in [0.29, 0.717) is 13.1 Å². The standard InChI is InChI=1S/C9H17N3O3/c1-6(8(13)14)11-9(15)12-4-2-7(10)3-5-12/h6-7H,2-5,10H2,1H3,(H,11,15)(H,13,14)/t6-/m0/s1. The number of nitrogens with one attached hydrogen (secondary N) is 1. The van der Waals surface area contributed by atoms with E-state index in [1.165, 1.54) is 6.92 Å². The second-order valence-electron chi connectivity index (χ2n) is 3.83. The molecule has 0 aromatic rings. The first-order valence-electron chi connectivity index (χ1n) is 5.04. The fourth-order valence-electron chi connectivity index (χ4n) is 1.44. The Hall–Kier alpha value is -1.30. The number of carbonyl (C=O) groups excluding carboxylic acids is 1. The Morgan fingerprint density at radius 2 is 2.00 bits per heavy atom. The van der Waals surface area contributed by atoms with Gasteiger partial charge >= 0.3 is 12.0 Å². The van der Waals surface area contributed by atoms with Gasteiger partial charge in [0.25, 0.3) is 0 Å². The molecule has 15 heavy (non-hydrogen) atoms. The number of aliphatic carboxylic acids is 1. The SMILES string of the molecule is C[C@H](NC(=O)N1CCC(N)CC1)C(=O)O. The highest BCUT2D eigenvalue weighted by molar-refractivity contribution is 5.82. The van der Waals surface area contributed by atoms with Crippen molar-refractivity contribution in [3.8, 4) is 0 Å². The summed E-state index contributed by atoms with van der Waals surface area (Å²) >= 11 is 0. The molecule has 0 unspecified atom stereocenters. The number of nitrogens with zero attached hydrogens (tertiary/aromatic N) is 1. The van der Waals surface area contributed by atoms with E-state index in [2.05, 4.69) is 5.32 Å². The van der Waals surface area contributed by atoms with Gasteiger partial charge in [-0.3, -0.25) is 4.79 Å². The molecule has 4 N–H and O–H groups in total. The second-order valence-corrected chi connectivity index (χ2v) is 3.83. The van der Waals surface area contributed by atoms with Crippen LogP contribution in [0.2, 0.25) is 0 Å². The number of carbonyl (C=O) groups is 2. The van der Waals surface area contributed by atoms with Crippen LogP contribution in [0.4, 0.5) is 4.79 Å². The van der Waals surface area contributed by atoms with Crippen molar-refractivity contribution in [2.75, 3.05) is 13.1 Å². The van der Waals surface area contributed by atoms with E-state index >= 15 is 0 Å². The van der Waals surface area contributed by atoms with Crippen LogP contribution >= 0.6 is 0 Å². The first-order valence-corrected chi connectivity index (χ1v) is 5.04. The number of likely N-dealkylation sites (tertiary alicyclic amines) is 1. The molecule has 1 aliphatic rings. The van der Waals surface area contributed by atoms with Gasteiger partial charge in [0.1, 0.15) is 6.04 Å². The molecule has 0 aromatic carbocycles. The maximum Gasteiger partial charge on any atom is 0.325 e. The number of rotatable bonds is 2. The number of carboxylic acids is 1. The quantitative estimate of drug-likeness (QED) is 0.583. The zero-order valence-corrected chi connectivity index (χ0v) is 8.77. The predicted molar refractivity (Wildman–Crippen MR) is 54.4 cm³/mol. The van der Waals surface area contributed by atoms with Crippen LogP contribution < -0.4 is 11.1 Å². The van der Waals surface area contributed by atoms with Gasteiger partial charge in [-0.15, -0.1) is 0 Å². The van der Waals surface area contributed by atoms with Crippen LogP contribution in [0, 0.1) is 0 Å². The van der Waals surface area contributed by atoms with E-state index in [1.54, 1.807) is 4.90 Å². The topological polar surface area (TPSA) is 95.7 Å². The molecule has 0 radical (unpaired) electrons. The Balaban J connectivity index is 2.37. The van der Waals surface area contributed by atoms with E-state index in [9.17, 15) is 9.59 Å². The summed E-state index contributed by atoms with van der Waals surface area (Å²) in [5.74, 6) is -1.03. The lowest BCUT2D eigenvalue weighted by atomic mass is 10.1. The van der Waals surface area contributed by atoms with Crippen LogP contribution in [-0.4, -0.2) is 47.2 Å². The van der Waals surface area contributed by atoms with Crippen molar-refractivity contribution in [2.24, 2.45) is 5.73 Å². The summed E-state index contributed by atoms with van der Waals surface area (Å²) in [6.45, 7) is 2.63. The number of hydrogen-bond acceptors (Lipinski definition) is 3. The Morgan fingerprint density at radius 3 is 2.47 bits per heavy atom. The lowest BCUT2D eigenvalue weighted by Gasteiger charge is -2.30. The lowest BCUT2D eigenvalue weighted by Crippen LogP contribution is -2.50. The molecule has 1 aliphatic heterocycles. The Bertz CT molecular complexity index is 249. The third-order valence-corrected chi connectivity index (χ3v) is 2.54. The van der Waals surface area contributed by atoms with E-state index in [1.807, 2.05) is 0 Å². The molecule has 0 aromatic heterocycles. The average Bonchev–Trinajstić information content (AvgIpc) is 2.18. The van der Waals surface area contributed by atoms with Crippen molar-refractivity contribution in [3.63, 3.8) is 0 Å². The fraction of sp³-hybridized carbons (Fsp3) is 0.778. The van der Waals surface area contributed by atoms with Gasteiger partial charge in [-0.2, -0.15) is 0 Å². The highest BCUT2D eigenvalue weighted by atomic mass is 16.4. The summed E-state index contributed by atoms with van der Waals surface area (Å²) in [6, 6.07) is -1.02. The molecule has 1 rings (SSSR count). The smallest absolute Gasteiger partial charge is 0.325 e. The summed E-state index contributed by atoms with van der Waals surface area (Å²) in [5, 5.41) is 11.0. The monoisotopic (exact) mass is 215 g/mol. The predicted octanol–water partition coefficient (Wildman–Crippen LogP) is -0.408. The highest BCUT2D eigenvalue weighted by Crippen LogP contribution is 2.08. The Kier molecular flexibility index (Phi) is 3.90. The zero-order valence-electron chi connectivity index (χ0n) is 8.77. The summed E-state index contributed by atoms with van der Waals surface area (Å²) in [5.41, 5.74) is 5.69. The molecule has 1 atom stereocenters. The van der Waals surface area contributed by atoms with Crippen molar-refractivity contribution in [1.82, 2.24) is 10.2 Å². The van der Waals surface area contributed by atoms with Gasteiger partial charge in [0.05, 0.1) is 0 Å². The first kappa shape index (κ1) is 11.8. The fourth-order valence-corrected chi connectivity index (χ4v) is 1.44. The van der Waals surface area contributed by atoms with Crippen LogP contribution in [0.5, 0.6) is 0 Å². The summed E-state index contributed by atoms with van der Waals surface area (Å²) < 4.78 is 0. The maximum absolute atomic E-state index is 11.5. The van der Waals surface area contributed by atoms with E-state index in [-0.39, 0.29) is 12.1 Å². The molecule has 1 heterocycles. The zero-order chi connectivity index (χ0) is 11.4. The number of hydrogen-bond donors (Lipinski definition) is 3. The minimum atomic E-state index is -1.03. The third kappa shape index (κ3) is 3.39. The molecule has 0 aliphatic carbocycles. The normalized spacial score (nSPS) is 19.7. The third-order valence-electron chi connectivity index (χ3n) is 2.54. The molecule has 6 heteroatoms. The van der Waals surface area contributed by atoms with Gasteiger partial charge in [0, 0.05) is 19.1 Å². The molecular weight excluding hydrogens is 198 g/mol. The molecule has 0 bridgehead atoms. The van der Waals surface area contributed by atoms with E-state index in [4.69, 9.17) is 10.8 Å². The van der Waals surface area contributed by atoms with E-state index < -0.39 is 12.0 Å². The summed E-state index contributed by atoms with van der Waals surface area (Å²) in [7, 11) is 0. The number of piperidine rings is 1. The van der Waals surface area contributed by atoms with Crippen molar-refractivity contribution in [2.45, 2.75) is 31.8 Å². The molecule has 0 saturated carbocycles. The second kappa shape index (κ2) is 4.97. The maximum atomic E-state index is 11.5. The van der Waals surface area contributed by atoms with Gasteiger partial charge in [-0.1, -0.05) is 0 Å². The van der Waals surface area contributed by atoms with Gasteiger partial charge in [-0.05, 0) is 19.8 Å². The van der Waals surface area contributed by atoms with E-state index in [0.717, 1.165) is 12.8 Å². The first-order chi connectivity index (χ1) is 7.00. The van der Waals surface area contributed by atoms with Crippen LogP contribution in [-0.2, 0) is 4.79 Å². The van der Waals surface area contributed by atoms with Gasteiger partial charge in [0.2, 0.25) is 0 Å². The molecule has 6 nitrogen and oxygen atoms in total. The molecule has 0 spiro atoms. The van der Waals surface area contributed by atoms with Crippen LogP contribution in [0.25, 0.3) is 0 Å². The number of amides is 2. The number of urea groups is 1. The molecule has 1 fully saturated rings. The van der Waals surface area contributed by atoms with Crippen molar-refractivity contribution in [3.05, 3.63) is 0 Å². The number of carboxylic acid groups (broad SMARTS) is 1. The van der Waals surface area contributed by atoms with Gasteiger partial charge in [0.15, 0.2) is 0 Å². The van der Waals surface area contributed by atoms with Crippen LogP contribution in [0.1, 0.15) is 19.8 Å².